The molecule has 0 aromatic heterocycles. The van der Waals surface area contributed by atoms with E-state index < -0.39 is 0 Å². The molecule has 0 N–H and O–H groups in total. The number of hydrogen-bond donors (Lipinski definition) is 0. The van der Waals surface area contributed by atoms with Crippen molar-refractivity contribution >= 4 is 5.78 Å². The zero-order valence-corrected chi connectivity index (χ0v) is 7.02. The third-order valence-corrected chi connectivity index (χ3v) is 3.62. The summed E-state index contributed by atoms with van der Waals surface area (Å²) in [7, 11) is 0. The Morgan fingerprint density at radius 2 is 2.09 bits per heavy atom. The Labute approximate surface area is 67.5 Å². The molecule has 2 bridgehead atoms. The van der Waals surface area contributed by atoms with E-state index in [1.54, 1.807) is 6.92 Å². The molecule has 0 aromatic carbocycles. The maximum atomic E-state index is 11.4. The van der Waals surface area contributed by atoms with Crippen LogP contribution in [-0.2, 0) is 4.79 Å². The topological polar surface area (TPSA) is 17.1 Å². The highest BCUT2D eigenvalue weighted by Crippen LogP contribution is 2.57. The molecular formula is C10H14O. The number of rotatable bonds is 1. The second kappa shape index (κ2) is 1.96. The number of carbonyl (C=O) groups is 1. The van der Waals surface area contributed by atoms with Crippen LogP contribution < -0.4 is 0 Å². The molecule has 0 aliphatic heterocycles. The van der Waals surface area contributed by atoms with Crippen LogP contribution in [0.3, 0.4) is 0 Å². The van der Waals surface area contributed by atoms with Crippen LogP contribution in [0.2, 0.25) is 0 Å². The zero-order valence-electron chi connectivity index (χ0n) is 7.02. The lowest BCUT2D eigenvalue weighted by molar-refractivity contribution is -0.124. The molecule has 11 heavy (non-hydrogen) atoms. The molecule has 0 heterocycles. The van der Waals surface area contributed by atoms with Gasteiger partial charge in [-0.3, -0.25) is 4.79 Å². The Morgan fingerprint density at radius 3 is 2.27 bits per heavy atom. The Balaban J connectivity index is 2.39. The average Bonchev–Trinajstić information content (AvgIpc) is 2.46. The summed E-state index contributed by atoms with van der Waals surface area (Å²) in [5, 5.41) is 0. The summed E-state index contributed by atoms with van der Waals surface area (Å²) in [6.07, 6.45) is 4.56. The van der Waals surface area contributed by atoms with Crippen molar-refractivity contribution < 1.29 is 4.79 Å². The molecule has 0 saturated heterocycles. The van der Waals surface area contributed by atoms with Crippen LogP contribution in [0.25, 0.3) is 0 Å². The van der Waals surface area contributed by atoms with Crippen LogP contribution >= 0.6 is 0 Å². The quantitative estimate of drug-likeness (QED) is 0.524. The third-order valence-electron chi connectivity index (χ3n) is 3.62. The van der Waals surface area contributed by atoms with Crippen molar-refractivity contribution in [2.75, 3.05) is 0 Å². The Kier molecular flexibility index (Phi) is 1.26. The van der Waals surface area contributed by atoms with Crippen molar-refractivity contribution in [1.29, 1.82) is 0 Å². The fraction of sp³-hybridized carbons (Fsp3) is 0.700. The maximum absolute atomic E-state index is 11.4. The van der Waals surface area contributed by atoms with Gasteiger partial charge in [-0.2, -0.15) is 0 Å². The van der Waals surface area contributed by atoms with Crippen LogP contribution in [0.1, 0.15) is 32.6 Å². The van der Waals surface area contributed by atoms with Gasteiger partial charge in [0.05, 0.1) is 0 Å². The zero-order chi connectivity index (χ0) is 8.06. The molecule has 0 spiro atoms. The van der Waals surface area contributed by atoms with Gasteiger partial charge in [-0.25, -0.2) is 0 Å². The maximum Gasteiger partial charge on any atom is 0.139 e. The second-order valence-corrected chi connectivity index (χ2v) is 3.94. The molecule has 2 aliphatic carbocycles. The van der Waals surface area contributed by atoms with Crippen LogP contribution in [0, 0.1) is 11.3 Å². The van der Waals surface area contributed by atoms with E-state index in [4.69, 9.17) is 0 Å². The number of fused-ring (bicyclic) bond motifs is 2. The van der Waals surface area contributed by atoms with Gasteiger partial charge in [0.25, 0.3) is 0 Å². The Morgan fingerprint density at radius 1 is 1.55 bits per heavy atom. The number of carbonyl (C=O) groups excluding carboxylic acids is 1. The molecule has 2 rings (SSSR count). The van der Waals surface area contributed by atoms with Gasteiger partial charge in [-0.1, -0.05) is 12.2 Å². The van der Waals surface area contributed by atoms with E-state index >= 15 is 0 Å². The van der Waals surface area contributed by atoms with Crippen LogP contribution in [0.15, 0.2) is 12.2 Å². The fourth-order valence-corrected chi connectivity index (χ4v) is 2.75. The highest BCUT2D eigenvalue weighted by molar-refractivity contribution is 5.87. The van der Waals surface area contributed by atoms with Gasteiger partial charge < -0.3 is 0 Å². The molecule has 2 fully saturated rings. The van der Waals surface area contributed by atoms with Crippen LogP contribution in [-0.4, -0.2) is 5.78 Å². The van der Waals surface area contributed by atoms with Gasteiger partial charge in [0.15, 0.2) is 0 Å². The molecule has 0 radical (unpaired) electrons. The minimum atomic E-state index is -0.0648. The lowest BCUT2D eigenvalue weighted by Crippen LogP contribution is -2.24. The van der Waals surface area contributed by atoms with Crippen molar-refractivity contribution in [3.05, 3.63) is 12.2 Å². The lowest BCUT2D eigenvalue weighted by Gasteiger charge is -2.23. The van der Waals surface area contributed by atoms with Crippen molar-refractivity contribution in [1.82, 2.24) is 0 Å². The van der Waals surface area contributed by atoms with E-state index in [0.29, 0.717) is 11.7 Å². The first-order chi connectivity index (χ1) is 5.17. The summed E-state index contributed by atoms with van der Waals surface area (Å²) >= 11 is 0. The monoisotopic (exact) mass is 150 g/mol. The van der Waals surface area contributed by atoms with E-state index in [1.165, 1.54) is 18.4 Å². The minimum Gasteiger partial charge on any atom is -0.299 e. The highest BCUT2D eigenvalue weighted by atomic mass is 16.1. The highest BCUT2D eigenvalue weighted by Gasteiger charge is 2.51. The first kappa shape index (κ1) is 7.08. The number of ketones is 1. The first-order valence-electron chi connectivity index (χ1n) is 4.37. The molecule has 1 heteroatoms. The summed E-state index contributed by atoms with van der Waals surface area (Å²) in [6, 6.07) is 0. The van der Waals surface area contributed by atoms with Crippen molar-refractivity contribution in [3.8, 4) is 0 Å². The standard InChI is InChI=1S/C10H14O/c1-7-9-3-5-10(7,6-4-9)8(2)11/h9H,1,3-6H2,2H3. The van der Waals surface area contributed by atoms with E-state index in [1.807, 2.05) is 0 Å². The van der Waals surface area contributed by atoms with E-state index in [0.717, 1.165) is 12.8 Å². The summed E-state index contributed by atoms with van der Waals surface area (Å²) in [4.78, 5) is 11.4. The summed E-state index contributed by atoms with van der Waals surface area (Å²) in [6.45, 7) is 5.77. The number of Topliss-reactive ketones (excluding diaryl/α,β-unsaturated/α-hetero) is 1. The number of allylic oxidation sites excluding steroid dienone is 1. The minimum absolute atomic E-state index is 0.0648. The molecule has 1 nitrogen and oxygen atoms in total. The third kappa shape index (κ3) is 0.688. The second-order valence-electron chi connectivity index (χ2n) is 3.94. The molecule has 2 aliphatic rings. The molecule has 60 valence electrons. The van der Waals surface area contributed by atoms with E-state index in [-0.39, 0.29) is 5.41 Å². The summed E-state index contributed by atoms with van der Waals surface area (Å²) < 4.78 is 0. The molecule has 2 saturated carbocycles. The van der Waals surface area contributed by atoms with E-state index in [2.05, 4.69) is 6.58 Å². The van der Waals surface area contributed by atoms with Crippen LogP contribution in [0.4, 0.5) is 0 Å². The SMILES string of the molecule is C=C1C2CCC1(C(C)=O)CC2. The average molecular weight is 150 g/mol. The van der Waals surface area contributed by atoms with Gasteiger partial charge in [-0.05, 0) is 38.5 Å². The van der Waals surface area contributed by atoms with Crippen LogP contribution in [0.5, 0.6) is 0 Å². The van der Waals surface area contributed by atoms with E-state index in [9.17, 15) is 4.79 Å². The van der Waals surface area contributed by atoms with Gasteiger partial charge in [-0.15, -0.1) is 0 Å². The Bertz CT molecular complexity index is 219. The first-order valence-corrected chi connectivity index (χ1v) is 4.37. The molecular weight excluding hydrogens is 136 g/mol. The largest absolute Gasteiger partial charge is 0.299 e. The molecule has 0 aromatic rings. The molecule has 0 amide bonds. The molecule has 0 unspecified atom stereocenters. The smallest absolute Gasteiger partial charge is 0.139 e. The number of hydrogen-bond acceptors (Lipinski definition) is 1. The van der Waals surface area contributed by atoms with Crippen molar-refractivity contribution in [3.63, 3.8) is 0 Å². The predicted octanol–water partition coefficient (Wildman–Crippen LogP) is 2.32. The Hall–Kier alpha value is -0.590. The fourth-order valence-electron chi connectivity index (χ4n) is 2.75. The van der Waals surface area contributed by atoms with Crippen molar-refractivity contribution in [2.45, 2.75) is 32.6 Å². The predicted molar refractivity (Wildman–Crippen MR) is 44.2 cm³/mol. The van der Waals surface area contributed by atoms with Gasteiger partial charge in [0, 0.05) is 5.41 Å². The summed E-state index contributed by atoms with van der Waals surface area (Å²) in [5.74, 6) is 1.03. The van der Waals surface area contributed by atoms with Crippen molar-refractivity contribution in [2.24, 2.45) is 11.3 Å². The molecule has 0 atom stereocenters. The van der Waals surface area contributed by atoms with Gasteiger partial charge in [0.1, 0.15) is 5.78 Å². The van der Waals surface area contributed by atoms with Gasteiger partial charge >= 0.3 is 0 Å². The normalized spacial score (nSPS) is 41.5. The van der Waals surface area contributed by atoms with Gasteiger partial charge in [0.2, 0.25) is 0 Å². The lowest BCUT2D eigenvalue weighted by atomic mass is 9.79. The summed E-state index contributed by atoms with van der Waals surface area (Å²) in [5.41, 5.74) is 1.18.